The van der Waals surface area contributed by atoms with Crippen LogP contribution in [0.25, 0.3) is 0 Å². The first-order valence-electron chi connectivity index (χ1n) is 14.1. The number of amides is 2. The van der Waals surface area contributed by atoms with Gasteiger partial charge in [-0.25, -0.2) is 12.8 Å². The molecular formula is C34H35ClFN3O4S. The molecular weight excluding hydrogens is 601 g/mol. The van der Waals surface area contributed by atoms with Crippen LogP contribution in [-0.4, -0.2) is 43.3 Å². The van der Waals surface area contributed by atoms with Gasteiger partial charge in [0.15, 0.2) is 0 Å². The monoisotopic (exact) mass is 635 g/mol. The number of anilines is 1. The zero-order valence-electron chi connectivity index (χ0n) is 24.8. The minimum Gasteiger partial charge on any atom is -0.350 e. The number of nitrogens with one attached hydrogen (secondary N) is 1. The average Bonchev–Trinajstić information content (AvgIpc) is 2.98. The van der Waals surface area contributed by atoms with Gasteiger partial charge in [-0.2, -0.15) is 0 Å². The van der Waals surface area contributed by atoms with Crippen molar-refractivity contribution in [2.45, 2.75) is 50.2 Å². The summed E-state index contributed by atoms with van der Waals surface area (Å²) in [5, 5.41) is 3.39. The SMILES string of the molecule is CC(C)(C)NC(=O)C(Cc1ccccc1)N(Cc1ccccc1Cl)C(=O)CN(c1ccccc1)S(=O)(=O)c1ccc(F)cc1. The Hall–Kier alpha value is -4.21. The molecule has 0 aliphatic heterocycles. The average molecular weight is 636 g/mol. The van der Waals surface area contributed by atoms with E-state index in [4.69, 9.17) is 11.6 Å². The lowest BCUT2D eigenvalue weighted by atomic mass is 10.0. The lowest BCUT2D eigenvalue weighted by molar-refractivity contribution is -0.140. The van der Waals surface area contributed by atoms with E-state index in [1.165, 1.54) is 4.90 Å². The van der Waals surface area contributed by atoms with E-state index in [1.807, 2.05) is 51.1 Å². The molecule has 4 aromatic carbocycles. The highest BCUT2D eigenvalue weighted by molar-refractivity contribution is 7.92. The maximum Gasteiger partial charge on any atom is 0.264 e. The highest BCUT2D eigenvalue weighted by Gasteiger charge is 2.35. The quantitative estimate of drug-likeness (QED) is 0.212. The van der Waals surface area contributed by atoms with Gasteiger partial charge in [0.25, 0.3) is 10.0 Å². The normalized spacial score (nSPS) is 12.3. The third-order valence-corrected chi connectivity index (χ3v) is 8.95. The molecule has 1 unspecified atom stereocenters. The number of carbonyl (C=O) groups is 2. The Labute approximate surface area is 263 Å². The van der Waals surface area contributed by atoms with E-state index >= 15 is 0 Å². The van der Waals surface area contributed by atoms with Gasteiger partial charge in [-0.3, -0.25) is 13.9 Å². The van der Waals surface area contributed by atoms with Crippen LogP contribution in [-0.2, 0) is 32.6 Å². The van der Waals surface area contributed by atoms with E-state index in [1.54, 1.807) is 54.6 Å². The minimum atomic E-state index is -4.32. The smallest absolute Gasteiger partial charge is 0.264 e. The summed E-state index contributed by atoms with van der Waals surface area (Å²) in [6.07, 6.45) is 0.176. The topological polar surface area (TPSA) is 86.8 Å². The first-order chi connectivity index (χ1) is 20.8. The van der Waals surface area contributed by atoms with Crippen LogP contribution < -0.4 is 9.62 Å². The molecule has 1 N–H and O–H groups in total. The summed E-state index contributed by atoms with van der Waals surface area (Å²) >= 11 is 6.52. The molecule has 1 atom stereocenters. The van der Waals surface area contributed by atoms with E-state index in [9.17, 15) is 22.4 Å². The zero-order valence-corrected chi connectivity index (χ0v) is 26.4. The third kappa shape index (κ3) is 8.45. The lowest BCUT2D eigenvalue weighted by Crippen LogP contribution is -2.56. The predicted molar refractivity (Wildman–Crippen MR) is 171 cm³/mol. The van der Waals surface area contributed by atoms with Crippen LogP contribution in [0.2, 0.25) is 5.02 Å². The summed E-state index contributed by atoms with van der Waals surface area (Å²) in [4.78, 5) is 29.5. The molecule has 2 amide bonds. The largest absolute Gasteiger partial charge is 0.350 e. The Morgan fingerprint density at radius 3 is 2.00 bits per heavy atom. The second-order valence-electron chi connectivity index (χ2n) is 11.4. The molecule has 230 valence electrons. The number of carbonyl (C=O) groups excluding carboxylic acids is 2. The lowest BCUT2D eigenvalue weighted by Gasteiger charge is -2.35. The molecule has 44 heavy (non-hydrogen) atoms. The van der Waals surface area contributed by atoms with Crippen molar-refractivity contribution < 1.29 is 22.4 Å². The van der Waals surface area contributed by atoms with Crippen molar-refractivity contribution >= 4 is 39.1 Å². The van der Waals surface area contributed by atoms with Crippen LogP contribution >= 0.6 is 11.6 Å². The minimum absolute atomic E-state index is 0.0488. The Morgan fingerprint density at radius 1 is 0.841 bits per heavy atom. The Bertz CT molecular complexity index is 1680. The second kappa shape index (κ2) is 14.1. The summed E-state index contributed by atoms with van der Waals surface area (Å²) < 4.78 is 42.5. The molecule has 0 radical (unpaired) electrons. The van der Waals surface area contributed by atoms with Gasteiger partial charge in [0.05, 0.1) is 10.6 Å². The number of para-hydroxylation sites is 1. The van der Waals surface area contributed by atoms with Crippen molar-refractivity contribution in [3.05, 3.63) is 131 Å². The number of sulfonamides is 1. The summed E-state index contributed by atoms with van der Waals surface area (Å²) in [6, 6.07) is 27.9. The molecule has 0 aliphatic rings. The molecule has 0 aliphatic carbocycles. The molecule has 4 aromatic rings. The summed E-state index contributed by atoms with van der Waals surface area (Å²) in [5.74, 6) is -1.61. The molecule has 0 bridgehead atoms. The molecule has 0 saturated carbocycles. The standard InChI is InChI=1S/C34H35ClFN3O4S/c1-34(2,3)37-33(41)31(22-25-12-6-4-7-13-25)38(23-26-14-10-11-17-30(26)35)32(40)24-39(28-15-8-5-9-16-28)44(42,43)29-20-18-27(36)19-21-29/h4-21,31H,22-24H2,1-3H3,(H,37,41). The van der Waals surface area contributed by atoms with E-state index in [-0.39, 0.29) is 23.5 Å². The Kier molecular flexibility index (Phi) is 10.4. The zero-order chi connectivity index (χ0) is 31.9. The second-order valence-corrected chi connectivity index (χ2v) is 13.6. The number of nitrogens with zero attached hydrogens (tertiary/aromatic N) is 2. The van der Waals surface area contributed by atoms with Crippen LogP contribution in [0.1, 0.15) is 31.9 Å². The van der Waals surface area contributed by atoms with Gasteiger partial charge in [-0.1, -0.05) is 78.3 Å². The number of hydrogen-bond donors (Lipinski definition) is 1. The highest BCUT2D eigenvalue weighted by Crippen LogP contribution is 2.26. The third-order valence-electron chi connectivity index (χ3n) is 6.79. The number of halogens is 2. The van der Waals surface area contributed by atoms with Crippen molar-refractivity contribution in [1.29, 1.82) is 0 Å². The van der Waals surface area contributed by atoms with Gasteiger partial charge >= 0.3 is 0 Å². The first-order valence-corrected chi connectivity index (χ1v) is 15.9. The number of benzene rings is 4. The fourth-order valence-electron chi connectivity index (χ4n) is 4.67. The van der Waals surface area contributed by atoms with E-state index in [2.05, 4.69) is 5.32 Å². The van der Waals surface area contributed by atoms with Crippen LogP contribution in [0.15, 0.2) is 114 Å². The molecule has 0 saturated heterocycles. The first kappa shape index (κ1) is 32.7. The van der Waals surface area contributed by atoms with Crippen molar-refractivity contribution in [2.24, 2.45) is 0 Å². The number of rotatable bonds is 11. The molecule has 7 nitrogen and oxygen atoms in total. The Morgan fingerprint density at radius 2 is 1.41 bits per heavy atom. The van der Waals surface area contributed by atoms with Gasteiger partial charge in [-0.15, -0.1) is 0 Å². The molecule has 0 heterocycles. The van der Waals surface area contributed by atoms with Gasteiger partial charge in [0.2, 0.25) is 11.8 Å². The van der Waals surface area contributed by atoms with Crippen LogP contribution in [0, 0.1) is 5.82 Å². The fraction of sp³-hybridized carbons (Fsp3) is 0.235. The molecule has 0 aromatic heterocycles. The van der Waals surface area contributed by atoms with Gasteiger partial charge in [0, 0.05) is 23.5 Å². The number of hydrogen-bond acceptors (Lipinski definition) is 4. The summed E-state index contributed by atoms with van der Waals surface area (Å²) in [7, 11) is -4.32. The highest BCUT2D eigenvalue weighted by atomic mass is 35.5. The van der Waals surface area contributed by atoms with Crippen molar-refractivity contribution in [3.8, 4) is 0 Å². The van der Waals surface area contributed by atoms with Crippen LogP contribution in [0.3, 0.4) is 0 Å². The Balaban J connectivity index is 1.81. The van der Waals surface area contributed by atoms with Crippen LogP contribution in [0.4, 0.5) is 10.1 Å². The molecule has 10 heteroatoms. The van der Waals surface area contributed by atoms with Gasteiger partial charge in [-0.05, 0) is 74.4 Å². The molecule has 0 spiro atoms. The summed E-state index contributed by atoms with van der Waals surface area (Å²) in [6.45, 7) is 4.86. The molecule has 0 fully saturated rings. The van der Waals surface area contributed by atoms with E-state index < -0.39 is 45.8 Å². The van der Waals surface area contributed by atoms with Gasteiger partial charge in [0.1, 0.15) is 18.4 Å². The maximum atomic E-state index is 14.4. The summed E-state index contributed by atoms with van der Waals surface area (Å²) in [5.41, 5.74) is 1.04. The predicted octanol–water partition coefficient (Wildman–Crippen LogP) is 6.23. The fourth-order valence-corrected chi connectivity index (χ4v) is 6.28. The van der Waals surface area contributed by atoms with Gasteiger partial charge < -0.3 is 10.2 Å². The van der Waals surface area contributed by atoms with Crippen LogP contribution in [0.5, 0.6) is 0 Å². The van der Waals surface area contributed by atoms with Crippen molar-refractivity contribution in [2.75, 3.05) is 10.8 Å². The molecule has 4 rings (SSSR count). The van der Waals surface area contributed by atoms with Crippen molar-refractivity contribution in [1.82, 2.24) is 10.2 Å². The van der Waals surface area contributed by atoms with E-state index in [0.29, 0.717) is 10.6 Å². The maximum absolute atomic E-state index is 14.4. The van der Waals surface area contributed by atoms with E-state index in [0.717, 1.165) is 34.1 Å². The van der Waals surface area contributed by atoms with Crippen molar-refractivity contribution in [3.63, 3.8) is 0 Å².